The van der Waals surface area contributed by atoms with E-state index in [-0.39, 0.29) is 29.5 Å². The van der Waals surface area contributed by atoms with E-state index >= 15 is 0 Å². The van der Waals surface area contributed by atoms with Gasteiger partial charge in [-0.3, -0.25) is 4.79 Å². The molecule has 2 aromatic carbocycles. The van der Waals surface area contributed by atoms with Crippen molar-refractivity contribution in [1.82, 2.24) is 14.7 Å². The van der Waals surface area contributed by atoms with E-state index in [1.807, 2.05) is 29.2 Å². The van der Waals surface area contributed by atoms with Gasteiger partial charge in [-0.15, -0.1) is 0 Å². The summed E-state index contributed by atoms with van der Waals surface area (Å²) in [5.74, 6) is 0.813. The van der Waals surface area contributed by atoms with Crippen molar-refractivity contribution in [3.63, 3.8) is 0 Å². The van der Waals surface area contributed by atoms with Crippen LogP contribution in [0.4, 0.5) is 9.18 Å². The van der Waals surface area contributed by atoms with Crippen LogP contribution < -0.4 is 4.74 Å². The Labute approximate surface area is 210 Å². The first-order chi connectivity index (χ1) is 16.9. The number of nitrogens with zero attached hydrogens (tertiary/aromatic N) is 3. The molecule has 2 amide bonds. The number of hydrogen-bond acceptors (Lipinski definition) is 4. The number of likely N-dealkylation sites (tertiary alicyclic amines) is 2. The maximum absolute atomic E-state index is 13.5. The summed E-state index contributed by atoms with van der Waals surface area (Å²) >= 11 is 6.11. The van der Waals surface area contributed by atoms with Gasteiger partial charge in [0.05, 0.1) is 12.0 Å². The first kappa shape index (κ1) is 24.1. The Bertz CT molecular complexity index is 1060. The maximum Gasteiger partial charge on any atom is 0.415 e. The molecule has 3 fully saturated rings. The standard InChI is InChI=1S/C27H31ClFN3O3/c1-30(27(34)35-23-10-8-22(29)9-11-23)25-17-32(16-24(25)19-4-6-21(28)7-5-19)26(33)20-12-13-31(15-20)14-18-2-3-18/h4-11,18,20,24-25H,2-3,12-17H2,1H3. The number of benzene rings is 2. The highest BCUT2D eigenvalue weighted by molar-refractivity contribution is 6.30. The molecule has 2 saturated heterocycles. The number of likely N-dealkylation sites (N-methyl/N-ethyl adjacent to an activating group) is 1. The van der Waals surface area contributed by atoms with Crippen LogP contribution in [0, 0.1) is 17.7 Å². The molecule has 0 bridgehead atoms. The van der Waals surface area contributed by atoms with E-state index in [1.165, 1.54) is 37.1 Å². The average Bonchev–Trinajstić information content (AvgIpc) is 3.36. The Morgan fingerprint density at radius 1 is 1.03 bits per heavy atom. The first-order valence-corrected chi connectivity index (χ1v) is 12.7. The lowest BCUT2D eigenvalue weighted by molar-refractivity contribution is -0.134. The number of rotatable bonds is 6. The Hall–Kier alpha value is -2.64. The Morgan fingerprint density at radius 3 is 2.43 bits per heavy atom. The molecule has 1 aliphatic carbocycles. The minimum atomic E-state index is -0.536. The highest BCUT2D eigenvalue weighted by Crippen LogP contribution is 2.35. The zero-order valence-electron chi connectivity index (χ0n) is 19.9. The van der Waals surface area contributed by atoms with Gasteiger partial charge in [0, 0.05) is 44.2 Å². The van der Waals surface area contributed by atoms with E-state index in [4.69, 9.17) is 16.3 Å². The van der Waals surface area contributed by atoms with Gasteiger partial charge in [-0.05, 0) is 73.7 Å². The summed E-state index contributed by atoms with van der Waals surface area (Å²) in [6.45, 7) is 3.90. The largest absolute Gasteiger partial charge is 0.415 e. The zero-order chi connectivity index (χ0) is 24.5. The predicted octanol–water partition coefficient (Wildman–Crippen LogP) is 4.64. The van der Waals surface area contributed by atoms with E-state index in [1.54, 1.807) is 11.9 Å². The van der Waals surface area contributed by atoms with E-state index in [9.17, 15) is 14.0 Å². The smallest absolute Gasteiger partial charge is 0.410 e. The normalized spacial score (nSPS) is 24.5. The summed E-state index contributed by atoms with van der Waals surface area (Å²) in [5.41, 5.74) is 1.03. The van der Waals surface area contributed by atoms with Crippen molar-refractivity contribution in [2.45, 2.75) is 31.2 Å². The SMILES string of the molecule is CN(C(=O)Oc1ccc(F)cc1)C1CN(C(=O)C2CCN(CC3CC3)C2)CC1c1ccc(Cl)cc1. The van der Waals surface area contributed by atoms with Gasteiger partial charge >= 0.3 is 6.09 Å². The second kappa shape index (κ2) is 10.2. The topological polar surface area (TPSA) is 53.1 Å². The van der Waals surface area contributed by atoms with Gasteiger partial charge in [-0.1, -0.05) is 23.7 Å². The van der Waals surface area contributed by atoms with Crippen LogP contribution in [0.2, 0.25) is 5.02 Å². The molecule has 2 aromatic rings. The first-order valence-electron chi connectivity index (χ1n) is 12.3. The van der Waals surface area contributed by atoms with Crippen LogP contribution in [0.15, 0.2) is 48.5 Å². The van der Waals surface area contributed by atoms with Crippen molar-refractivity contribution >= 4 is 23.6 Å². The molecule has 0 N–H and O–H groups in total. The molecule has 2 heterocycles. The summed E-state index contributed by atoms with van der Waals surface area (Å²) in [5, 5.41) is 0.641. The summed E-state index contributed by atoms with van der Waals surface area (Å²) in [6, 6.07) is 12.7. The Morgan fingerprint density at radius 2 is 1.74 bits per heavy atom. The van der Waals surface area contributed by atoms with Gasteiger partial charge in [0.25, 0.3) is 0 Å². The second-order valence-corrected chi connectivity index (χ2v) is 10.5. The molecule has 8 heteroatoms. The molecular weight excluding hydrogens is 469 g/mol. The summed E-state index contributed by atoms with van der Waals surface area (Å²) in [7, 11) is 1.69. The monoisotopic (exact) mass is 499 g/mol. The number of ether oxygens (including phenoxy) is 1. The molecular formula is C27H31ClFN3O3. The van der Waals surface area contributed by atoms with Crippen molar-refractivity contribution in [3.05, 3.63) is 64.9 Å². The molecule has 35 heavy (non-hydrogen) atoms. The van der Waals surface area contributed by atoms with E-state index in [0.717, 1.165) is 37.5 Å². The minimum absolute atomic E-state index is 0.00911. The van der Waals surface area contributed by atoms with Gasteiger partial charge < -0.3 is 19.4 Å². The molecule has 0 aromatic heterocycles. The molecule has 3 aliphatic rings. The fourth-order valence-corrected chi connectivity index (χ4v) is 5.46. The fourth-order valence-electron chi connectivity index (χ4n) is 5.33. The summed E-state index contributed by atoms with van der Waals surface area (Å²) in [4.78, 5) is 32.4. The lowest BCUT2D eigenvalue weighted by atomic mass is 9.93. The molecule has 3 atom stereocenters. The molecule has 0 radical (unpaired) electrons. The highest BCUT2D eigenvalue weighted by Gasteiger charge is 2.43. The van der Waals surface area contributed by atoms with E-state index in [0.29, 0.717) is 18.1 Å². The Balaban J connectivity index is 1.30. The van der Waals surface area contributed by atoms with Crippen LogP contribution in [-0.4, -0.2) is 72.5 Å². The third-order valence-electron chi connectivity index (χ3n) is 7.54. The van der Waals surface area contributed by atoms with Crippen LogP contribution in [0.3, 0.4) is 0 Å². The number of carbonyl (C=O) groups is 2. The van der Waals surface area contributed by atoms with Gasteiger partial charge in [0.15, 0.2) is 0 Å². The van der Waals surface area contributed by atoms with Gasteiger partial charge in [0.1, 0.15) is 11.6 Å². The number of halogens is 2. The van der Waals surface area contributed by atoms with Crippen molar-refractivity contribution in [2.75, 3.05) is 39.8 Å². The Kier molecular flexibility index (Phi) is 6.98. The van der Waals surface area contributed by atoms with Crippen LogP contribution in [0.5, 0.6) is 5.75 Å². The summed E-state index contributed by atoms with van der Waals surface area (Å²) in [6.07, 6.45) is 2.98. The molecule has 186 valence electrons. The van der Waals surface area contributed by atoms with Crippen LogP contribution >= 0.6 is 11.6 Å². The number of hydrogen-bond donors (Lipinski definition) is 0. The number of amides is 2. The minimum Gasteiger partial charge on any atom is -0.410 e. The van der Waals surface area contributed by atoms with E-state index in [2.05, 4.69) is 4.90 Å². The van der Waals surface area contributed by atoms with Gasteiger partial charge in [0.2, 0.25) is 5.91 Å². The highest BCUT2D eigenvalue weighted by atomic mass is 35.5. The van der Waals surface area contributed by atoms with Crippen molar-refractivity contribution in [2.24, 2.45) is 11.8 Å². The molecule has 6 nitrogen and oxygen atoms in total. The van der Waals surface area contributed by atoms with Crippen molar-refractivity contribution in [3.8, 4) is 5.75 Å². The van der Waals surface area contributed by atoms with Crippen LogP contribution in [-0.2, 0) is 4.79 Å². The third kappa shape index (κ3) is 5.62. The summed E-state index contributed by atoms with van der Waals surface area (Å²) < 4.78 is 18.7. The molecule has 1 saturated carbocycles. The molecule has 0 spiro atoms. The third-order valence-corrected chi connectivity index (χ3v) is 7.79. The quantitative estimate of drug-likeness (QED) is 0.581. The average molecular weight is 500 g/mol. The molecule has 5 rings (SSSR count). The van der Waals surface area contributed by atoms with Gasteiger partial charge in [-0.25, -0.2) is 9.18 Å². The lowest BCUT2D eigenvalue weighted by Gasteiger charge is -2.28. The van der Waals surface area contributed by atoms with Crippen molar-refractivity contribution < 1.29 is 18.7 Å². The number of carbonyl (C=O) groups excluding carboxylic acids is 2. The van der Waals surface area contributed by atoms with Gasteiger partial charge in [-0.2, -0.15) is 0 Å². The molecule has 3 unspecified atom stereocenters. The predicted molar refractivity (Wildman–Crippen MR) is 132 cm³/mol. The maximum atomic E-state index is 13.5. The van der Waals surface area contributed by atoms with Crippen LogP contribution in [0.25, 0.3) is 0 Å². The molecule has 2 aliphatic heterocycles. The van der Waals surface area contributed by atoms with Crippen LogP contribution in [0.1, 0.15) is 30.7 Å². The van der Waals surface area contributed by atoms with E-state index < -0.39 is 11.9 Å². The fraction of sp³-hybridized carbons (Fsp3) is 0.481. The lowest BCUT2D eigenvalue weighted by Crippen LogP contribution is -2.44. The van der Waals surface area contributed by atoms with Crippen molar-refractivity contribution in [1.29, 1.82) is 0 Å². The second-order valence-electron chi connectivity index (χ2n) is 10.1. The zero-order valence-corrected chi connectivity index (χ0v) is 20.7.